The largest absolute Gasteiger partial charge is 0.494 e. The predicted octanol–water partition coefficient (Wildman–Crippen LogP) is 4.21. The van der Waals surface area contributed by atoms with Crippen molar-refractivity contribution in [2.75, 3.05) is 19.7 Å². The molecule has 0 radical (unpaired) electrons. The van der Waals surface area contributed by atoms with Gasteiger partial charge in [-0.15, -0.1) is 0 Å². The summed E-state index contributed by atoms with van der Waals surface area (Å²) < 4.78 is 11.2. The SMILES string of the molecule is CCOc1ccc(C(=O)NC[C@@H](c2ccco2)N2CCc3ccccc3C2)cc1. The molecule has 1 aromatic heterocycles. The Morgan fingerprint density at radius 2 is 1.90 bits per heavy atom. The molecule has 5 nitrogen and oxygen atoms in total. The van der Waals surface area contributed by atoms with Gasteiger partial charge in [-0.2, -0.15) is 0 Å². The molecular weight excluding hydrogens is 364 g/mol. The number of nitrogens with one attached hydrogen (secondary N) is 1. The molecule has 1 aliphatic rings. The van der Waals surface area contributed by atoms with Crippen LogP contribution < -0.4 is 10.1 Å². The third kappa shape index (κ3) is 4.51. The summed E-state index contributed by atoms with van der Waals surface area (Å²) in [6, 6.07) is 19.6. The van der Waals surface area contributed by atoms with E-state index in [1.165, 1.54) is 11.1 Å². The number of rotatable bonds is 7. The van der Waals surface area contributed by atoms with Crippen LogP contribution in [0.5, 0.6) is 5.75 Å². The lowest BCUT2D eigenvalue weighted by Gasteiger charge is -2.34. The second-order valence-corrected chi connectivity index (χ2v) is 7.19. The van der Waals surface area contributed by atoms with Crippen LogP contribution in [-0.4, -0.2) is 30.5 Å². The van der Waals surface area contributed by atoms with Crippen molar-refractivity contribution in [3.63, 3.8) is 0 Å². The number of benzene rings is 2. The molecule has 150 valence electrons. The smallest absolute Gasteiger partial charge is 0.251 e. The molecule has 0 saturated carbocycles. The van der Waals surface area contributed by atoms with E-state index in [0.717, 1.165) is 31.0 Å². The van der Waals surface area contributed by atoms with Gasteiger partial charge in [-0.1, -0.05) is 24.3 Å². The molecule has 0 saturated heterocycles. The molecule has 3 aromatic rings. The van der Waals surface area contributed by atoms with Crippen molar-refractivity contribution >= 4 is 5.91 Å². The summed E-state index contributed by atoms with van der Waals surface area (Å²) in [4.78, 5) is 15.0. The van der Waals surface area contributed by atoms with Gasteiger partial charge in [0.2, 0.25) is 0 Å². The van der Waals surface area contributed by atoms with E-state index in [4.69, 9.17) is 9.15 Å². The van der Waals surface area contributed by atoms with Gasteiger partial charge < -0.3 is 14.5 Å². The van der Waals surface area contributed by atoms with Crippen LogP contribution in [0.4, 0.5) is 0 Å². The normalized spacial score (nSPS) is 14.8. The minimum absolute atomic E-state index is 0.00926. The minimum Gasteiger partial charge on any atom is -0.494 e. The molecule has 29 heavy (non-hydrogen) atoms. The van der Waals surface area contributed by atoms with Crippen LogP contribution in [-0.2, 0) is 13.0 Å². The van der Waals surface area contributed by atoms with Gasteiger partial charge in [0.25, 0.3) is 5.91 Å². The molecule has 0 fully saturated rings. The van der Waals surface area contributed by atoms with Crippen LogP contribution >= 0.6 is 0 Å². The Balaban J connectivity index is 1.45. The van der Waals surface area contributed by atoms with E-state index >= 15 is 0 Å². The number of carbonyl (C=O) groups excluding carboxylic acids is 1. The highest BCUT2D eigenvalue weighted by Gasteiger charge is 2.27. The third-order valence-corrected chi connectivity index (χ3v) is 5.36. The number of hydrogen-bond donors (Lipinski definition) is 1. The van der Waals surface area contributed by atoms with Crippen molar-refractivity contribution in [1.29, 1.82) is 0 Å². The summed E-state index contributed by atoms with van der Waals surface area (Å²) in [6.07, 6.45) is 2.69. The molecule has 1 atom stereocenters. The van der Waals surface area contributed by atoms with Gasteiger partial charge in [0.15, 0.2) is 0 Å². The average Bonchev–Trinajstić information content (AvgIpc) is 3.29. The summed E-state index contributed by atoms with van der Waals surface area (Å²) in [5.41, 5.74) is 3.36. The van der Waals surface area contributed by atoms with E-state index in [9.17, 15) is 4.79 Å². The number of ether oxygens (including phenoxy) is 1. The summed E-state index contributed by atoms with van der Waals surface area (Å²) in [7, 11) is 0. The van der Waals surface area contributed by atoms with Crippen LogP contribution in [0, 0.1) is 0 Å². The zero-order valence-electron chi connectivity index (χ0n) is 16.6. The fourth-order valence-electron chi connectivity index (χ4n) is 3.83. The number of furan rings is 1. The Morgan fingerprint density at radius 3 is 2.62 bits per heavy atom. The average molecular weight is 390 g/mol. The van der Waals surface area contributed by atoms with E-state index in [-0.39, 0.29) is 11.9 Å². The van der Waals surface area contributed by atoms with Gasteiger partial charge in [-0.05, 0) is 60.9 Å². The lowest BCUT2D eigenvalue weighted by Crippen LogP contribution is -2.40. The fraction of sp³-hybridized carbons (Fsp3) is 0.292. The minimum atomic E-state index is -0.0954. The number of carbonyl (C=O) groups is 1. The fourth-order valence-corrected chi connectivity index (χ4v) is 3.83. The third-order valence-electron chi connectivity index (χ3n) is 5.36. The van der Waals surface area contributed by atoms with E-state index in [1.54, 1.807) is 18.4 Å². The Hall–Kier alpha value is -3.05. The first-order chi connectivity index (χ1) is 14.2. The number of fused-ring (bicyclic) bond motifs is 1. The van der Waals surface area contributed by atoms with Gasteiger partial charge in [0.05, 0.1) is 18.9 Å². The summed E-state index contributed by atoms with van der Waals surface area (Å²) >= 11 is 0. The Morgan fingerprint density at radius 1 is 1.10 bits per heavy atom. The molecular formula is C24H26N2O3. The zero-order chi connectivity index (χ0) is 20.1. The quantitative estimate of drug-likeness (QED) is 0.657. The van der Waals surface area contributed by atoms with Crippen molar-refractivity contribution in [2.24, 2.45) is 0 Å². The van der Waals surface area contributed by atoms with E-state index in [0.29, 0.717) is 18.7 Å². The van der Waals surface area contributed by atoms with Crippen LogP contribution in [0.15, 0.2) is 71.3 Å². The number of amides is 1. The van der Waals surface area contributed by atoms with Crippen LogP contribution in [0.3, 0.4) is 0 Å². The number of nitrogens with zero attached hydrogens (tertiary/aromatic N) is 1. The lowest BCUT2D eigenvalue weighted by atomic mass is 9.98. The van der Waals surface area contributed by atoms with Crippen LogP contribution in [0.2, 0.25) is 0 Å². The van der Waals surface area contributed by atoms with Crippen molar-refractivity contribution < 1.29 is 13.9 Å². The van der Waals surface area contributed by atoms with E-state index in [1.807, 2.05) is 31.2 Å². The molecule has 5 heteroatoms. The van der Waals surface area contributed by atoms with Gasteiger partial charge in [0, 0.05) is 25.2 Å². The van der Waals surface area contributed by atoms with Gasteiger partial charge >= 0.3 is 0 Å². The molecule has 1 aliphatic heterocycles. The Kier molecular flexibility index (Phi) is 5.96. The predicted molar refractivity (Wildman–Crippen MR) is 112 cm³/mol. The summed E-state index contributed by atoms with van der Waals surface area (Å²) in [5, 5.41) is 3.08. The van der Waals surface area contributed by atoms with Gasteiger partial charge in [-0.25, -0.2) is 0 Å². The van der Waals surface area contributed by atoms with E-state index < -0.39 is 0 Å². The first-order valence-corrected chi connectivity index (χ1v) is 10.1. The van der Waals surface area contributed by atoms with E-state index in [2.05, 4.69) is 34.5 Å². The Bertz CT molecular complexity index is 935. The lowest BCUT2D eigenvalue weighted by molar-refractivity contribution is 0.0919. The molecule has 0 unspecified atom stereocenters. The molecule has 2 heterocycles. The molecule has 1 N–H and O–H groups in total. The second kappa shape index (κ2) is 8.97. The molecule has 2 aromatic carbocycles. The highest BCUT2D eigenvalue weighted by atomic mass is 16.5. The first kappa shape index (κ1) is 19.3. The number of hydrogen-bond acceptors (Lipinski definition) is 4. The molecule has 4 rings (SSSR count). The summed E-state index contributed by atoms with van der Waals surface area (Å²) in [5.74, 6) is 1.54. The highest BCUT2D eigenvalue weighted by Crippen LogP contribution is 2.28. The van der Waals surface area contributed by atoms with Crippen LogP contribution in [0.1, 0.15) is 40.2 Å². The monoisotopic (exact) mass is 390 g/mol. The maximum absolute atomic E-state index is 12.7. The van der Waals surface area contributed by atoms with Gasteiger partial charge in [0.1, 0.15) is 11.5 Å². The van der Waals surface area contributed by atoms with Crippen molar-refractivity contribution in [1.82, 2.24) is 10.2 Å². The molecule has 1 amide bonds. The van der Waals surface area contributed by atoms with Crippen molar-refractivity contribution in [3.8, 4) is 5.75 Å². The molecule has 0 spiro atoms. The van der Waals surface area contributed by atoms with Gasteiger partial charge in [-0.3, -0.25) is 9.69 Å². The standard InChI is InChI=1S/C24H26N2O3/c1-2-28-21-11-9-19(10-12-21)24(27)25-16-22(23-8-5-15-29-23)26-14-13-18-6-3-4-7-20(18)17-26/h3-12,15,22H,2,13-14,16-17H2,1H3,(H,25,27)/t22-/m0/s1. The highest BCUT2D eigenvalue weighted by molar-refractivity contribution is 5.94. The van der Waals surface area contributed by atoms with Crippen LogP contribution in [0.25, 0.3) is 0 Å². The van der Waals surface area contributed by atoms with Crippen molar-refractivity contribution in [3.05, 3.63) is 89.4 Å². The maximum Gasteiger partial charge on any atom is 0.251 e. The first-order valence-electron chi connectivity index (χ1n) is 10.1. The summed E-state index contributed by atoms with van der Waals surface area (Å²) in [6.45, 7) is 4.81. The van der Waals surface area contributed by atoms with Crippen molar-refractivity contribution in [2.45, 2.75) is 25.9 Å². The Labute approximate surface area is 171 Å². The zero-order valence-corrected chi connectivity index (χ0v) is 16.6. The second-order valence-electron chi connectivity index (χ2n) is 7.19. The molecule has 0 aliphatic carbocycles. The topological polar surface area (TPSA) is 54.7 Å². The molecule has 0 bridgehead atoms. The maximum atomic E-state index is 12.7.